The molecule has 0 aliphatic heterocycles. The van der Waals surface area contributed by atoms with Crippen LogP contribution in [0.15, 0.2) is 24.3 Å². The van der Waals surface area contributed by atoms with Gasteiger partial charge in [-0.15, -0.1) is 0 Å². The van der Waals surface area contributed by atoms with Crippen molar-refractivity contribution in [2.75, 3.05) is 24.3 Å². The number of nitrogens with one attached hydrogen (secondary N) is 2. The second kappa shape index (κ2) is 8.68. The third-order valence-corrected chi connectivity index (χ3v) is 4.91. The van der Waals surface area contributed by atoms with Gasteiger partial charge in [0, 0.05) is 37.8 Å². The van der Waals surface area contributed by atoms with Gasteiger partial charge in [0.1, 0.15) is 11.0 Å². The Morgan fingerprint density at radius 2 is 1.75 bits per heavy atom. The van der Waals surface area contributed by atoms with Crippen LogP contribution in [0.25, 0.3) is 0 Å². The number of hydrogen-bond acceptors (Lipinski definition) is 5. The van der Waals surface area contributed by atoms with Crippen LogP contribution < -0.4 is 15.5 Å². The molecular weight excluding hydrogens is 388 g/mol. The van der Waals surface area contributed by atoms with E-state index >= 15 is 0 Å². The van der Waals surface area contributed by atoms with Crippen LogP contribution in [0.1, 0.15) is 36.0 Å². The Morgan fingerprint density at radius 1 is 1.07 bits per heavy atom. The Hall–Kier alpha value is -2.48. The molecule has 28 heavy (non-hydrogen) atoms. The molecule has 0 unspecified atom stereocenters. The van der Waals surface area contributed by atoms with E-state index in [1.165, 1.54) is 6.07 Å². The first-order chi connectivity index (χ1) is 13.3. The number of amides is 1. The maximum Gasteiger partial charge on any atom is 0.251 e. The summed E-state index contributed by atoms with van der Waals surface area (Å²) >= 11 is 6.06. The quantitative estimate of drug-likeness (QED) is 0.738. The summed E-state index contributed by atoms with van der Waals surface area (Å²) in [5, 5.41) is 6.55. The first-order valence-corrected chi connectivity index (χ1v) is 9.44. The minimum absolute atomic E-state index is 0.0173. The van der Waals surface area contributed by atoms with E-state index in [0.717, 1.165) is 43.6 Å². The zero-order valence-corrected chi connectivity index (χ0v) is 16.4. The van der Waals surface area contributed by atoms with Gasteiger partial charge in [-0.25, -0.2) is 13.8 Å². The van der Waals surface area contributed by atoms with Gasteiger partial charge in [0.25, 0.3) is 5.91 Å². The van der Waals surface area contributed by atoms with Gasteiger partial charge in [-0.05, 0) is 43.9 Å². The summed E-state index contributed by atoms with van der Waals surface area (Å²) in [7, 11) is 3.76. The van der Waals surface area contributed by atoms with Crippen molar-refractivity contribution in [2.24, 2.45) is 0 Å². The van der Waals surface area contributed by atoms with E-state index in [1.807, 2.05) is 19.0 Å². The second-order valence-corrected chi connectivity index (χ2v) is 7.45. The van der Waals surface area contributed by atoms with Crippen LogP contribution in [0.4, 0.5) is 20.5 Å². The molecule has 1 saturated carbocycles. The van der Waals surface area contributed by atoms with Crippen LogP contribution >= 0.6 is 11.6 Å². The fourth-order valence-corrected chi connectivity index (χ4v) is 3.35. The number of benzene rings is 1. The van der Waals surface area contributed by atoms with Crippen LogP contribution in [0.2, 0.25) is 5.15 Å². The summed E-state index contributed by atoms with van der Waals surface area (Å²) < 4.78 is 26.3. The first kappa shape index (κ1) is 20.3. The molecule has 1 fully saturated rings. The number of carbonyl (C=O) groups is 1. The van der Waals surface area contributed by atoms with Crippen molar-refractivity contribution in [3.63, 3.8) is 0 Å². The molecule has 0 spiro atoms. The molecule has 1 aliphatic carbocycles. The molecule has 3 rings (SSSR count). The fourth-order valence-electron chi connectivity index (χ4n) is 3.17. The fraction of sp³-hybridized carbons (Fsp3) is 0.421. The van der Waals surface area contributed by atoms with Gasteiger partial charge in [0.15, 0.2) is 11.6 Å². The lowest BCUT2D eigenvalue weighted by Crippen LogP contribution is -2.40. The third kappa shape index (κ3) is 5.07. The minimum atomic E-state index is -1.03. The van der Waals surface area contributed by atoms with Gasteiger partial charge in [-0.3, -0.25) is 4.79 Å². The maximum absolute atomic E-state index is 13.3. The number of aromatic nitrogens is 2. The summed E-state index contributed by atoms with van der Waals surface area (Å²) in [6.45, 7) is 0. The lowest BCUT2D eigenvalue weighted by atomic mass is 9.91. The Kier molecular flexibility index (Phi) is 6.28. The number of carbonyl (C=O) groups excluding carboxylic acids is 1. The molecule has 2 N–H and O–H groups in total. The van der Waals surface area contributed by atoms with Crippen molar-refractivity contribution in [1.82, 2.24) is 15.3 Å². The smallest absolute Gasteiger partial charge is 0.251 e. The Bertz CT molecular complexity index is 856. The molecule has 0 radical (unpaired) electrons. The molecule has 6 nitrogen and oxygen atoms in total. The highest BCUT2D eigenvalue weighted by Crippen LogP contribution is 2.23. The summed E-state index contributed by atoms with van der Waals surface area (Å²) in [6, 6.07) is 4.99. The number of anilines is 2. The van der Waals surface area contributed by atoms with Gasteiger partial charge in [0.2, 0.25) is 5.95 Å². The Balaban J connectivity index is 1.53. The third-order valence-electron chi connectivity index (χ3n) is 4.72. The Labute approximate surface area is 167 Å². The van der Waals surface area contributed by atoms with Crippen molar-refractivity contribution in [3.05, 3.63) is 46.6 Å². The molecule has 0 saturated heterocycles. The SMILES string of the molecule is CN(C)c1cc(Cl)nc(NC2CCC(NC(=O)c3ccc(F)c(F)c3)CC2)n1. The average Bonchev–Trinajstić information content (AvgIpc) is 2.65. The molecule has 1 aromatic heterocycles. The van der Waals surface area contributed by atoms with Gasteiger partial charge < -0.3 is 15.5 Å². The molecule has 1 aliphatic rings. The summed E-state index contributed by atoms with van der Waals surface area (Å²) in [5.74, 6) is -1.20. The highest BCUT2D eigenvalue weighted by molar-refractivity contribution is 6.29. The molecular formula is C19H22ClF2N5O. The van der Waals surface area contributed by atoms with Crippen LogP contribution in [0.5, 0.6) is 0 Å². The lowest BCUT2D eigenvalue weighted by molar-refractivity contribution is 0.0926. The molecule has 1 amide bonds. The predicted octanol–water partition coefficient (Wildman–Crippen LogP) is 3.63. The van der Waals surface area contributed by atoms with Crippen LogP contribution in [0.3, 0.4) is 0 Å². The summed E-state index contributed by atoms with van der Waals surface area (Å²) in [4.78, 5) is 22.7. The molecule has 1 heterocycles. The largest absolute Gasteiger partial charge is 0.363 e. The van der Waals surface area contributed by atoms with E-state index in [1.54, 1.807) is 6.07 Å². The maximum atomic E-state index is 13.3. The topological polar surface area (TPSA) is 70.2 Å². The first-order valence-electron chi connectivity index (χ1n) is 9.06. The highest BCUT2D eigenvalue weighted by Gasteiger charge is 2.24. The van der Waals surface area contributed by atoms with Crippen LogP contribution in [-0.2, 0) is 0 Å². The van der Waals surface area contributed by atoms with E-state index in [-0.39, 0.29) is 17.6 Å². The molecule has 150 valence electrons. The van der Waals surface area contributed by atoms with Gasteiger partial charge in [-0.2, -0.15) is 4.98 Å². The average molecular weight is 410 g/mol. The molecule has 9 heteroatoms. The van der Waals surface area contributed by atoms with E-state index in [4.69, 9.17) is 11.6 Å². The number of nitrogens with zero attached hydrogens (tertiary/aromatic N) is 3. The van der Waals surface area contributed by atoms with Crippen molar-refractivity contribution in [1.29, 1.82) is 0 Å². The lowest BCUT2D eigenvalue weighted by Gasteiger charge is -2.30. The van der Waals surface area contributed by atoms with E-state index < -0.39 is 17.5 Å². The number of rotatable bonds is 5. The Morgan fingerprint density at radius 3 is 2.39 bits per heavy atom. The van der Waals surface area contributed by atoms with Gasteiger partial charge >= 0.3 is 0 Å². The van der Waals surface area contributed by atoms with Crippen molar-refractivity contribution >= 4 is 29.3 Å². The second-order valence-electron chi connectivity index (χ2n) is 7.06. The predicted molar refractivity (Wildman–Crippen MR) is 105 cm³/mol. The number of hydrogen-bond donors (Lipinski definition) is 2. The van der Waals surface area contributed by atoms with Crippen molar-refractivity contribution in [3.8, 4) is 0 Å². The van der Waals surface area contributed by atoms with Crippen molar-refractivity contribution in [2.45, 2.75) is 37.8 Å². The minimum Gasteiger partial charge on any atom is -0.363 e. The normalized spacial score (nSPS) is 19.2. The van der Waals surface area contributed by atoms with E-state index in [9.17, 15) is 13.6 Å². The van der Waals surface area contributed by atoms with Gasteiger partial charge in [-0.1, -0.05) is 11.6 Å². The van der Waals surface area contributed by atoms with Crippen molar-refractivity contribution < 1.29 is 13.6 Å². The zero-order chi connectivity index (χ0) is 20.3. The van der Waals surface area contributed by atoms with E-state index in [0.29, 0.717) is 11.1 Å². The van der Waals surface area contributed by atoms with E-state index in [2.05, 4.69) is 20.6 Å². The number of halogens is 3. The molecule has 0 atom stereocenters. The van der Waals surface area contributed by atoms with Gasteiger partial charge in [0.05, 0.1) is 0 Å². The standard InChI is InChI=1S/C19H22ClF2N5O/c1-27(2)17-10-16(20)25-19(26-17)24-13-6-4-12(5-7-13)23-18(28)11-3-8-14(21)15(22)9-11/h3,8-10,12-13H,4-7H2,1-2H3,(H,23,28)(H,24,25,26). The monoisotopic (exact) mass is 409 g/mol. The molecule has 0 bridgehead atoms. The van der Waals surface area contributed by atoms with Crippen LogP contribution in [-0.4, -0.2) is 42.1 Å². The summed E-state index contributed by atoms with van der Waals surface area (Å²) in [5.41, 5.74) is 0.114. The highest BCUT2D eigenvalue weighted by atomic mass is 35.5. The zero-order valence-electron chi connectivity index (χ0n) is 15.7. The molecule has 2 aromatic rings. The summed E-state index contributed by atoms with van der Waals surface area (Å²) in [6.07, 6.45) is 3.15. The molecule has 1 aromatic carbocycles. The van der Waals surface area contributed by atoms with Crippen LogP contribution in [0, 0.1) is 11.6 Å².